The molecule has 4 heteroatoms. The van der Waals surface area contributed by atoms with E-state index in [-0.39, 0.29) is 5.91 Å². The molecule has 31 heavy (non-hydrogen) atoms. The van der Waals surface area contributed by atoms with E-state index in [1.165, 1.54) is 69.4 Å². The third-order valence-electron chi connectivity index (χ3n) is 6.69. The summed E-state index contributed by atoms with van der Waals surface area (Å²) in [6.45, 7) is 9.72. The molecule has 2 heterocycles. The Morgan fingerprint density at radius 1 is 0.806 bits per heavy atom. The smallest absolute Gasteiger partial charge is 0.251 e. The van der Waals surface area contributed by atoms with Gasteiger partial charge in [-0.05, 0) is 80.1 Å². The van der Waals surface area contributed by atoms with E-state index >= 15 is 0 Å². The number of likely N-dealkylation sites (tertiary alicyclic amines) is 2. The minimum absolute atomic E-state index is 0.00413. The van der Waals surface area contributed by atoms with Crippen LogP contribution in [0.25, 0.3) is 0 Å². The van der Waals surface area contributed by atoms with Crippen LogP contribution in [0.3, 0.4) is 0 Å². The Labute approximate surface area is 187 Å². The average molecular weight is 420 g/mol. The zero-order valence-corrected chi connectivity index (χ0v) is 19.0. The first kappa shape index (κ1) is 22.0. The number of carbonyl (C=O) groups excluding carboxylic acids is 1. The number of hydrogen-bond acceptors (Lipinski definition) is 3. The second-order valence-corrected chi connectivity index (χ2v) is 9.52. The number of carbonyl (C=O) groups is 1. The van der Waals surface area contributed by atoms with E-state index in [0.717, 1.165) is 30.1 Å². The maximum Gasteiger partial charge on any atom is 0.251 e. The van der Waals surface area contributed by atoms with Crippen LogP contribution in [0, 0.1) is 5.92 Å². The summed E-state index contributed by atoms with van der Waals surface area (Å²) in [5, 5.41) is 3.06. The van der Waals surface area contributed by atoms with Gasteiger partial charge in [-0.25, -0.2) is 0 Å². The fourth-order valence-corrected chi connectivity index (χ4v) is 4.87. The maximum atomic E-state index is 12.6. The van der Waals surface area contributed by atoms with Crippen molar-refractivity contribution in [2.75, 3.05) is 26.2 Å². The molecule has 1 amide bonds. The molecule has 2 aromatic carbocycles. The first-order chi connectivity index (χ1) is 15.2. The van der Waals surface area contributed by atoms with Crippen LogP contribution in [0.15, 0.2) is 48.5 Å². The van der Waals surface area contributed by atoms with Crippen molar-refractivity contribution < 1.29 is 4.79 Å². The van der Waals surface area contributed by atoms with Crippen LogP contribution in [-0.4, -0.2) is 41.9 Å². The van der Waals surface area contributed by atoms with Crippen LogP contribution >= 0.6 is 0 Å². The molecular formula is C27H37N3O. The van der Waals surface area contributed by atoms with Crippen LogP contribution < -0.4 is 5.32 Å². The largest absolute Gasteiger partial charge is 0.348 e. The summed E-state index contributed by atoms with van der Waals surface area (Å²) in [5.74, 6) is 0.785. The summed E-state index contributed by atoms with van der Waals surface area (Å²) >= 11 is 0. The van der Waals surface area contributed by atoms with Crippen LogP contribution in [0.2, 0.25) is 0 Å². The van der Waals surface area contributed by atoms with Crippen molar-refractivity contribution in [2.45, 2.75) is 58.7 Å². The van der Waals surface area contributed by atoms with Gasteiger partial charge >= 0.3 is 0 Å². The molecular weight excluding hydrogens is 382 g/mol. The van der Waals surface area contributed by atoms with E-state index in [9.17, 15) is 4.79 Å². The van der Waals surface area contributed by atoms with E-state index in [2.05, 4.69) is 58.4 Å². The zero-order chi connectivity index (χ0) is 21.5. The minimum atomic E-state index is -0.00413. The van der Waals surface area contributed by atoms with Gasteiger partial charge in [0.2, 0.25) is 0 Å². The number of rotatable bonds is 7. The lowest BCUT2D eigenvalue weighted by atomic mass is 9.99. The van der Waals surface area contributed by atoms with E-state index in [1.54, 1.807) is 0 Å². The Bertz CT molecular complexity index is 825. The summed E-state index contributed by atoms with van der Waals surface area (Å²) in [7, 11) is 0. The standard InChI is InChI=1S/C27H37N3O/c1-22-6-5-17-30(19-22)21-25-11-13-26(14-12-25)27(31)28-18-23-7-9-24(10-8-23)20-29-15-3-2-4-16-29/h7-14,22H,2-6,15-21H2,1H3,(H,28,31). The van der Waals surface area contributed by atoms with E-state index in [0.29, 0.717) is 6.54 Å². The molecule has 0 spiro atoms. The quantitative estimate of drug-likeness (QED) is 0.698. The Balaban J connectivity index is 1.23. The van der Waals surface area contributed by atoms with Crippen molar-refractivity contribution in [1.82, 2.24) is 15.1 Å². The van der Waals surface area contributed by atoms with Gasteiger partial charge in [-0.15, -0.1) is 0 Å². The van der Waals surface area contributed by atoms with Crippen molar-refractivity contribution in [1.29, 1.82) is 0 Å². The first-order valence-electron chi connectivity index (χ1n) is 12.1. The van der Waals surface area contributed by atoms with Crippen molar-refractivity contribution in [3.63, 3.8) is 0 Å². The Kier molecular flexibility index (Phi) is 7.76. The molecule has 0 radical (unpaired) electrons. The topological polar surface area (TPSA) is 35.6 Å². The highest BCUT2D eigenvalue weighted by Crippen LogP contribution is 2.18. The number of nitrogens with one attached hydrogen (secondary N) is 1. The molecule has 2 aliphatic rings. The molecule has 1 unspecified atom stereocenters. The molecule has 0 bridgehead atoms. The number of piperidine rings is 2. The second kappa shape index (κ2) is 10.9. The van der Waals surface area contributed by atoms with E-state index in [1.807, 2.05) is 12.1 Å². The molecule has 4 rings (SSSR count). The molecule has 4 nitrogen and oxygen atoms in total. The van der Waals surface area contributed by atoms with Gasteiger partial charge in [-0.1, -0.05) is 49.7 Å². The van der Waals surface area contributed by atoms with Crippen LogP contribution in [0.5, 0.6) is 0 Å². The summed E-state index contributed by atoms with van der Waals surface area (Å²) in [6.07, 6.45) is 6.65. The lowest BCUT2D eigenvalue weighted by molar-refractivity contribution is 0.0951. The fraction of sp³-hybridized carbons (Fsp3) is 0.519. The third-order valence-corrected chi connectivity index (χ3v) is 6.69. The van der Waals surface area contributed by atoms with Crippen molar-refractivity contribution in [2.24, 2.45) is 5.92 Å². The van der Waals surface area contributed by atoms with Gasteiger partial charge in [0.05, 0.1) is 0 Å². The van der Waals surface area contributed by atoms with Crippen molar-refractivity contribution in [3.8, 4) is 0 Å². The summed E-state index contributed by atoms with van der Waals surface area (Å²) < 4.78 is 0. The Morgan fingerprint density at radius 3 is 2.06 bits per heavy atom. The predicted octanol–water partition coefficient (Wildman–Crippen LogP) is 4.83. The van der Waals surface area contributed by atoms with Crippen LogP contribution in [0.4, 0.5) is 0 Å². The molecule has 2 saturated heterocycles. The second-order valence-electron chi connectivity index (χ2n) is 9.52. The van der Waals surface area contributed by atoms with Gasteiger partial charge in [0.15, 0.2) is 0 Å². The summed E-state index contributed by atoms with van der Waals surface area (Å²) in [6, 6.07) is 16.8. The number of hydrogen-bond donors (Lipinski definition) is 1. The molecule has 1 atom stereocenters. The van der Waals surface area contributed by atoms with Gasteiger partial charge in [0.25, 0.3) is 5.91 Å². The van der Waals surface area contributed by atoms with Crippen molar-refractivity contribution in [3.05, 3.63) is 70.8 Å². The molecule has 2 aromatic rings. The van der Waals surface area contributed by atoms with Gasteiger partial charge < -0.3 is 5.32 Å². The molecule has 0 aromatic heterocycles. The SMILES string of the molecule is CC1CCCN(Cc2ccc(C(=O)NCc3ccc(CN4CCCCC4)cc3)cc2)C1. The maximum absolute atomic E-state index is 12.6. The molecule has 0 aliphatic carbocycles. The number of amides is 1. The van der Waals surface area contributed by atoms with Crippen LogP contribution in [0.1, 0.15) is 66.1 Å². The molecule has 2 aliphatic heterocycles. The molecule has 1 N–H and O–H groups in total. The average Bonchev–Trinajstić information content (AvgIpc) is 2.80. The fourth-order valence-electron chi connectivity index (χ4n) is 4.87. The predicted molar refractivity (Wildman–Crippen MR) is 127 cm³/mol. The van der Waals surface area contributed by atoms with Crippen molar-refractivity contribution >= 4 is 5.91 Å². The van der Waals surface area contributed by atoms with Gasteiger partial charge in [-0.3, -0.25) is 14.6 Å². The van der Waals surface area contributed by atoms with Gasteiger partial charge in [0.1, 0.15) is 0 Å². The van der Waals surface area contributed by atoms with E-state index in [4.69, 9.17) is 0 Å². The Hall–Kier alpha value is -2.17. The highest BCUT2D eigenvalue weighted by atomic mass is 16.1. The minimum Gasteiger partial charge on any atom is -0.348 e. The lowest BCUT2D eigenvalue weighted by Crippen LogP contribution is -2.33. The van der Waals surface area contributed by atoms with Gasteiger partial charge in [0, 0.05) is 31.7 Å². The summed E-state index contributed by atoms with van der Waals surface area (Å²) in [4.78, 5) is 17.6. The Morgan fingerprint density at radius 2 is 1.39 bits per heavy atom. The number of benzene rings is 2. The zero-order valence-electron chi connectivity index (χ0n) is 19.0. The molecule has 0 saturated carbocycles. The molecule has 166 valence electrons. The van der Waals surface area contributed by atoms with Crippen LogP contribution in [-0.2, 0) is 19.6 Å². The highest BCUT2D eigenvalue weighted by Gasteiger charge is 2.16. The highest BCUT2D eigenvalue weighted by molar-refractivity contribution is 5.94. The lowest BCUT2D eigenvalue weighted by Gasteiger charge is -2.30. The third kappa shape index (κ3) is 6.65. The summed E-state index contributed by atoms with van der Waals surface area (Å²) in [5.41, 5.74) is 4.52. The van der Waals surface area contributed by atoms with E-state index < -0.39 is 0 Å². The normalized spacial score (nSPS) is 20.5. The molecule has 2 fully saturated rings. The monoisotopic (exact) mass is 419 g/mol. The number of nitrogens with zero attached hydrogens (tertiary/aromatic N) is 2. The first-order valence-corrected chi connectivity index (χ1v) is 12.1. The van der Waals surface area contributed by atoms with Gasteiger partial charge in [-0.2, -0.15) is 0 Å².